The van der Waals surface area contributed by atoms with Crippen molar-refractivity contribution in [1.82, 2.24) is 9.97 Å². The summed E-state index contributed by atoms with van der Waals surface area (Å²) in [6.07, 6.45) is 0. The Kier molecular flexibility index (Phi) is 5.20. The Hall–Kier alpha value is -3.40. The van der Waals surface area contributed by atoms with Gasteiger partial charge in [-0.1, -0.05) is 72.8 Å². The first-order valence-corrected chi connectivity index (χ1v) is 9.60. The van der Waals surface area contributed by atoms with Crippen LogP contribution < -0.4 is 10.6 Å². The smallest absolute Gasteiger partial charge is 0.225 e. The lowest BCUT2D eigenvalue weighted by molar-refractivity contribution is 0.853. The molecule has 2 atom stereocenters. The van der Waals surface area contributed by atoms with Crippen LogP contribution in [0.25, 0.3) is 10.9 Å². The Morgan fingerprint density at radius 3 is 1.79 bits per heavy atom. The van der Waals surface area contributed by atoms with Gasteiger partial charge in [-0.3, -0.25) is 0 Å². The number of aromatic nitrogens is 2. The van der Waals surface area contributed by atoms with E-state index in [1.807, 2.05) is 42.5 Å². The standard InChI is InChI=1S/C24H24N4/c1-17(19-11-5-3-6-12-19)25-23-21-15-9-10-16-22(21)27-24(28-23)26-18(2)20-13-7-4-8-14-20/h3-18H,1-2H3,(H2,25,26,27,28). The van der Waals surface area contributed by atoms with E-state index in [-0.39, 0.29) is 12.1 Å². The van der Waals surface area contributed by atoms with Crippen molar-refractivity contribution in [2.75, 3.05) is 10.6 Å². The quantitative estimate of drug-likeness (QED) is 0.440. The summed E-state index contributed by atoms with van der Waals surface area (Å²) in [4.78, 5) is 9.52. The number of benzene rings is 3. The molecule has 1 aromatic heterocycles. The molecule has 2 N–H and O–H groups in total. The Morgan fingerprint density at radius 2 is 1.14 bits per heavy atom. The average molecular weight is 368 g/mol. The lowest BCUT2D eigenvalue weighted by atomic mass is 10.1. The molecule has 0 amide bonds. The number of fused-ring (bicyclic) bond motifs is 1. The number of hydrogen-bond acceptors (Lipinski definition) is 4. The summed E-state index contributed by atoms with van der Waals surface area (Å²) < 4.78 is 0. The third-order valence-electron chi connectivity index (χ3n) is 4.90. The summed E-state index contributed by atoms with van der Waals surface area (Å²) in [6, 6.07) is 29.1. The van der Waals surface area contributed by atoms with Crippen molar-refractivity contribution in [3.63, 3.8) is 0 Å². The van der Waals surface area contributed by atoms with Gasteiger partial charge in [-0.25, -0.2) is 4.98 Å². The average Bonchev–Trinajstić information content (AvgIpc) is 2.75. The molecule has 0 aliphatic heterocycles. The molecule has 4 heteroatoms. The first-order valence-electron chi connectivity index (χ1n) is 9.60. The summed E-state index contributed by atoms with van der Waals surface area (Å²) >= 11 is 0. The van der Waals surface area contributed by atoms with E-state index in [2.05, 4.69) is 66.9 Å². The molecule has 4 rings (SSSR count). The van der Waals surface area contributed by atoms with E-state index < -0.39 is 0 Å². The van der Waals surface area contributed by atoms with Gasteiger partial charge in [0.1, 0.15) is 5.82 Å². The fourth-order valence-corrected chi connectivity index (χ4v) is 3.30. The van der Waals surface area contributed by atoms with Gasteiger partial charge in [0.2, 0.25) is 5.95 Å². The van der Waals surface area contributed by atoms with Gasteiger partial charge in [-0.2, -0.15) is 4.98 Å². The molecule has 4 nitrogen and oxygen atoms in total. The molecular formula is C24H24N4. The van der Waals surface area contributed by atoms with Crippen LogP contribution in [0, 0.1) is 0 Å². The Labute approximate surface area is 165 Å². The molecule has 0 radical (unpaired) electrons. The first-order chi connectivity index (χ1) is 13.7. The Morgan fingerprint density at radius 1 is 0.607 bits per heavy atom. The molecule has 0 bridgehead atoms. The van der Waals surface area contributed by atoms with Gasteiger partial charge in [0.25, 0.3) is 0 Å². The summed E-state index contributed by atoms with van der Waals surface area (Å²) in [5.74, 6) is 1.46. The molecular weight excluding hydrogens is 344 g/mol. The van der Waals surface area contributed by atoms with Crippen molar-refractivity contribution >= 4 is 22.7 Å². The monoisotopic (exact) mass is 368 g/mol. The lowest BCUT2D eigenvalue weighted by Crippen LogP contribution is -2.13. The van der Waals surface area contributed by atoms with Crippen LogP contribution in [-0.2, 0) is 0 Å². The van der Waals surface area contributed by atoms with Crippen LogP contribution in [-0.4, -0.2) is 9.97 Å². The van der Waals surface area contributed by atoms with Crippen molar-refractivity contribution in [2.24, 2.45) is 0 Å². The largest absolute Gasteiger partial charge is 0.363 e. The van der Waals surface area contributed by atoms with Crippen LogP contribution in [0.1, 0.15) is 37.1 Å². The molecule has 2 unspecified atom stereocenters. The van der Waals surface area contributed by atoms with Crippen molar-refractivity contribution < 1.29 is 0 Å². The highest BCUT2D eigenvalue weighted by Gasteiger charge is 2.13. The molecule has 28 heavy (non-hydrogen) atoms. The summed E-state index contributed by atoms with van der Waals surface area (Å²) in [6.45, 7) is 4.26. The second kappa shape index (κ2) is 8.09. The van der Waals surface area contributed by atoms with Crippen LogP contribution in [0.5, 0.6) is 0 Å². The van der Waals surface area contributed by atoms with Crippen molar-refractivity contribution in [3.8, 4) is 0 Å². The van der Waals surface area contributed by atoms with Gasteiger partial charge in [0, 0.05) is 11.4 Å². The van der Waals surface area contributed by atoms with Gasteiger partial charge in [0.05, 0.1) is 11.6 Å². The molecule has 1 heterocycles. The van der Waals surface area contributed by atoms with E-state index in [4.69, 9.17) is 9.97 Å². The minimum atomic E-state index is 0.113. The van der Waals surface area contributed by atoms with E-state index in [1.165, 1.54) is 11.1 Å². The van der Waals surface area contributed by atoms with Crippen molar-refractivity contribution in [2.45, 2.75) is 25.9 Å². The van der Waals surface area contributed by atoms with Crippen LogP contribution in [0.15, 0.2) is 84.9 Å². The Balaban J connectivity index is 1.65. The van der Waals surface area contributed by atoms with Gasteiger partial charge in [0.15, 0.2) is 0 Å². The third kappa shape index (κ3) is 3.96. The van der Waals surface area contributed by atoms with E-state index in [0.717, 1.165) is 16.7 Å². The normalized spacial score (nSPS) is 13.1. The zero-order valence-corrected chi connectivity index (χ0v) is 16.1. The minimum absolute atomic E-state index is 0.113. The van der Waals surface area contributed by atoms with Gasteiger partial charge in [-0.15, -0.1) is 0 Å². The SMILES string of the molecule is CC(Nc1nc(NC(C)c2ccccc2)c2ccccc2n1)c1ccccc1. The zero-order chi connectivity index (χ0) is 19.3. The van der Waals surface area contributed by atoms with Crippen LogP contribution in [0.2, 0.25) is 0 Å². The molecule has 0 aliphatic rings. The number of anilines is 2. The number of hydrogen-bond donors (Lipinski definition) is 2. The Bertz CT molecular complexity index is 1050. The fourth-order valence-electron chi connectivity index (χ4n) is 3.30. The maximum absolute atomic E-state index is 4.80. The summed E-state index contributed by atoms with van der Waals surface area (Å²) in [7, 11) is 0. The van der Waals surface area contributed by atoms with Gasteiger partial charge in [-0.05, 0) is 37.1 Å². The molecule has 140 valence electrons. The van der Waals surface area contributed by atoms with Crippen molar-refractivity contribution in [1.29, 1.82) is 0 Å². The molecule has 4 aromatic rings. The van der Waals surface area contributed by atoms with Crippen LogP contribution in [0.4, 0.5) is 11.8 Å². The van der Waals surface area contributed by atoms with E-state index in [1.54, 1.807) is 0 Å². The number of nitrogens with one attached hydrogen (secondary N) is 2. The van der Waals surface area contributed by atoms with Gasteiger partial charge < -0.3 is 10.6 Å². The maximum Gasteiger partial charge on any atom is 0.225 e. The van der Waals surface area contributed by atoms with Crippen LogP contribution in [0.3, 0.4) is 0 Å². The minimum Gasteiger partial charge on any atom is -0.363 e. The third-order valence-corrected chi connectivity index (χ3v) is 4.90. The highest BCUT2D eigenvalue weighted by atomic mass is 15.2. The van der Waals surface area contributed by atoms with Gasteiger partial charge >= 0.3 is 0 Å². The topological polar surface area (TPSA) is 49.8 Å². The summed E-state index contributed by atoms with van der Waals surface area (Å²) in [5, 5.41) is 8.02. The summed E-state index contributed by atoms with van der Waals surface area (Å²) in [5.41, 5.74) is 3.34. The number of para-hydroxylation sites is 1. The second-order valence-corrected chi connectivity index (χ2v) is 6.97. The van der Waals surface area contributed by atoms with E-state index in [0.29, 0.717) is 5.95 Å². The molecule has 0 saturated heterocycles. The highest BCUT2D eigenvalue weighted by Crippen LogP contribution is 2.27. The predicted octanol–water partition coefficient (Wildman–Crippen LogP) is 5.98. The molecule has 0 fully saturated rings. The maximum atomic E-state index is 4.80. The molecule has 3 aromatic carbocycles. The fraction of sp³-hybridized carbons (Fsp3) is 0.167. The predicted molar refractivity (Wildman–Crippen MR) is 116 cm³/mol. The number of nitrogens with zero attached hydrogens (tertiary/aromatic N) is 2. The molecule has 0 saturated carbocycles. The van der Waals surface area contributed by atoms with E-state index >= 15 is 0 Å². The molecule has 0 aliphatic carbocycles. The van der Waals surface area contributed by atoms with E-state index in [9.17, 15) is 0 Å². The lowest BCUT2D eigenvalue weighted by Gasteiger charge is -2.19. The van der Waals surface area contributed by atoms with Crippen molar-refractivity contribution in [3.05, 3.63) is 96.1 Å². The van der Waals surface area contributed by atoms with Crippen LogP contribution >= 0.6 is 0 Å². The second-order valence-electron chi connectivity index (χ2n) is 6.97. The first kappa shape index (κ1) is 18.0. The molecule has 0 spiro atoms. The zero-order valence-electron chi connectivity index (χ0n) is 16.1. The number of rotatable bonds is 6. The highest BCUT2D eigenvalue weighted by molar-refractivity contribution is 5.90.